The Hall–Kier alpha value is -0.650. The first-order valence-electron chi connectivity index (χ1n) is 5.98. The first-order valence-corrected chi connectivity index (χ1v) is 7.66. The third-order valence-corrected chi connectivity index (χ3v) is 4.67. The molecule has 2 aromatic rings. The Morgan fingerprint density at radius 3 is 2.78 bits per heavy atom. The minimum absolute atomic E-state index is 0.177. The van der Waals surface area contributed by atoms with E-state index in [1.165, 1.54) is 16.1 Å². The van der Waals surface area contributed by atoms with Gasteiger partial charge in [0.15, 0.2) is 0 Å². The van der Waals surface area contributed by atoms with Crippen LogP contribution in [-0.4, -0.2) is 15.8 Å². The molecule has 0 saturated carbocycles. The van der Waals surface area contributed by atoms with Gasteiger partial charge in [0, 0.05) is 26.5 Å². The van der Waals surface area contributed by atoms with Crippen molar-refractivity contribution in [2.24, 2.45) is 5.73 Å². The summed E-state index contributed by atoms with van der Waals surface area (Å²) >= 11 is 5.23. The van der Waals surface area contributed by atoms with Gasteiger partial charge in [0.2, 0.25) is 0 Å². The summed E-state index contributed by atoms with van der Waals surface area (Å²) in [4.78, 5) is 1.31. The van der Waals surface area contributed by atoms with E-state index >= 15 is 0 Å². The molecule has 18 heavy (non-hydrogen) atoms. The van der Waals surface area contributed by atoms with Gasteiger partial charge in [-0.15, -0.1) is 11.3 Å². The van der Waals surface area contributed by atoms with Crippen LogP contribution in [0.3, 0.4) is 0 Å². The Balaban J connectivity index is 2.24. The summed E-state index contributed by atoms with van der Waals surface area (Å²) in [5, 5.41) is 6.72. The van der Waals surface area contributed by atoms with E-state index in [1.807, 2.05) is 6.92 Å². The van der Waals surface area contributed by atoms with Crippen LogP contribution in [0.25, 0.3) is 0 Å². The standard InChI is InChI=1S/C13H18BrN3S/c1-8(15)4-13-9(2)16-17(10(13)3)6-12-5-11(14)7-18-12/h5,7-8H,4,6,15H2,1-3H3. The zero-order valence-corrected chi connectivity index (χ0v) is 13.3. The number of nitrogens with two attached hydrogens (primary N) is 1. The van der Waals surface area contributed by atoms with Gasteiger partial charge in [-0.1, -0.05) is 0 Å². The third-order valence-electron chi connectivity index (χ3n) is 2.98. The monoisotopic (exact) mass is 327 g/mol. The fraction of sp³-hybridized carbons (Fsp3) is 0.462. The minimum Gasteiger partial charge on any atom is -0.328 e. The second-order valence-corrected chi connectivity index (χ2v) is 6.63. The lowest BCUT2D eigenvalue weighted by Crippen LogP contribution is -2.18. The highest BCUT2D eigenvalue weighted by atomic mass is 79.9. The molecule has 0 aliphatic heterocycles. The molecule has 2 N–H and O–H groups in total. The van der Waals surface area contributed by atoms with E-state index in [2.05, 4.69) is 51.0 Å². The number of aromatic nitrogens is 2. The van der Waals surface area contributed by atoms with Gasteiger partial charge in [-0.25, -0.2) is 0 Å². The molecular formula is C13H18BrN3S. The van der Waals surface area contributed by atoms with Crippen molar-refractivity contribution in [1.29, 1.82) is 0 Å². The molecule has 0 aliphatic carbocycles. The predicted octanol–water partition coefficient (Wildman–Crippen LogP) is 3.26. The van der Waals surface area contributed by atoms with E-state index in [0.29, 0.717) is 0 Å². The van der Waals surface area contributed by atoms with Crippen LogP contribution in [0.15, 0.2) is 15.9 Å². The molecule has 0 spiro atoms. The quantitative estimate of drug-likeness (QED) is 0.936. The van der Waals surface area contributed by atoms with Crippen molar-refractivity contribution in [1.82, 2.24) is 9.78 Å². The molecule has 0 bridgehead atoms. The molecule has 2 heterocycles. The zero-order valence-electron chi connectivity index (χ0n) is 10.9. The molecule has 0 fully saturated rings. The van der Waals surface area contributed by atoms with Gasteiger partial charge >= 0.3 is 0 Å². The first-order chi connectivity index (χ1) is 8.47. The molecule has 98 valence electrons. The number of thiophene rings is 1. The lowest BCUT2D eigenvalue weighted by molar-refractivity contribution is 0.662. The van der Waals surface area contributed by atoms with Gasteiger partial charge in [0.05, 0.1) is 12.2 Å². The lowest BCUT2D eigenvalue weighted by Gasteiger charge is -2.06. The molecule has 0 amide bonds. The number of hydrogen-bond donors (Lipinski definition) is 1. The van der Waals surface area contributed by atoms with Crippen molar-refractivity contribution in [3.63, 3.8) is 0 Å². The molecule has 0 aliphatic rings. The van der Waals surface area contributed by atoms with Gasteiger partial charge < -0.3 is 5.73 Å². The fourth-order valence-electron chi connectivity index (χ4n) is 2.09. The maximum absolute atomic E-state index is 5.89. The Kier molecular flexibility index (Phi) is 4.25. The van der Waals surface area contributed by atoms with Crippen LogP contribution in [0.5, 0.6) is 0 Å². The summed E-state index contributed by atoms with van der Waals surface area (Å²) in [6.45, 7) is 7.06. The topological polar surface area (TPSA) is 43.8 Å². The highest BCUT2D eigenvalue weighted by Gasteiger charge is 2.13. The predicted molar refractivity (Wildman–Crippen MR) is 80.2 cm³/mol. The molecule has 3 nitrogen and oxygen atoms in total. The van der Waals surface area contributed by atoms with Gasteiger partial charge in [0.25, 0.3) is 0 Å². The average molecular weight is 328 g/mol. The Bertz CT molecular complexity index is 542. The fourth-order valence-corrected chi connectivity index (χ4v) is 3.52. The van der Waals surface area contributed by atoms with Gasteiger partial charge in [0.1, 0.15) is 0 Å². The van der Waals surface area contributed by atoms with E-state index in [1.54, 1.807) is 11.3 Å². The molecule has 1 unspecified atom stereocenters. The van der Waals surface area contributed by atoms with Crippen molar-refractivity contribution < 1.29 is 0 Å². The maximum Gasteiger partial charge on any atom is 0.0755 e. The molecule has 1 atom stereocenters. The number of nitrogens with zero attached hydrogens (tertiary/aromatic N) is 2. The lowest BCUT2D eigenvalue weighted by atomic mass is 10.1. The smallest absolute Gasteiger partial charge is 0.0755 e. The van der Waals surface area contributed by atoms with Crippen LogP contribution < -0.4 is 5.73 Å². The molecule has 2 aromatic heterocycles. The maximum atomic E-state index is 5.89. The van der Waals surface area contributed by atoms with Crippen LogP contribution >= 0.6 is 27.3 Å². The second kappa shape index (κ2) is 5.55. The summed E-state index contributed by atoms with van der Waals surface area (Å²) < 4.78 is 3.21. The van der Waals surface area contributed by atoms with Crippen molar-refractivity contribution in [2.45, 2.75) is 39.8 Å². The van der Waals surface area contributed by atoms with E-state index in [9.17, 15) is 0 Å². The number of halogens is 1. The van der Waals surface area contributed by atoms with Gasteiger partial charge in [-0.3, -0.25) is 4.68 Å². The van der Waals surface area contributed by atoms with Gasteiger partial charge in [-0.05, 0) is 54.8 Å². The zero-order chi connectivity index (χ0) is 13.3. The van der Waals surface area contributed by atoms with Crippen LogP contribution in [0.1, 0.15) is 28.8 Å². The van der Waals surface area contributed by atoms with Crippen molar-refractivity contribution in [2.75, 3.05) is 0 Å². The van der Waals surface area contributed by atoms with Crippen LogP contribution in [-0.2, 0) is 13.0 Å². The Morgan fingerprint density at radius 1 is 1.50 bits per heavy atom. The normalized spacial score (nSPS) is 12.9. The van der Waals surface area contributed by atoms with Crippen LogP contribution in [0.4, 0.5) is 0 Å². The summed E-state index contributed by atoms with van der Waals surface area (Å²) in [7, 11) is 0. The average Bonchev–Trinajstić information content (AvgIpc) is 2.78. The van der Waals surface area contributed by atoms with Crippen molar-refractivity contribution in [3.05, 3.63) is 37.7 Å². The summed E-state index contributed by atoms with van der Waals surface area (Å²) in [5.41, 5.74) is 9.51. The van der Waals surface area contributed by atoms with E-state index in [4.69, 9.17) is 5.73 Å². The van der Waals surface area contributed by atoms with E-state index < -0.39 is 0 Å². The molecule has 2 rings (SSSR count). The van der Waals surface area contributed by atoms with Crippen molar-refractivity contribution >= 4 is 27.3 Å². The third kappa shape index (κ3) is 3.02. The largest absolute Gasteiger partial charge is 0.328 e. The number of aryl methyl sites for hydroxylation is 1. The van der Waals surface area contributed by atoms with Crippen LogP contribution in [0.2, 0.25) is 0 Å². The highest BCUT2D eigenvalue weighted by Crippen LogP contribution is 2.22. The molecule has 5 heteroatoms. The number of hydrogen-bond acceptors (Lipinski definition) is 3. The van der Waals surface area contributed by atoms with Crippen LogP contribution in [0, 0.1) is 13.8 Å². The summed E-state index contributed by atoms with van der Waals surface area (Å²) in [6.07, 6.45) is 0.895. The van der Waals surface area contributed by atoms with Gasteiger partial charge in [-0.2, -0.15) is 5.10 Å². The first kappa shape index (κ1) is 13.8. The molecule has 0 aromatic carbocycles. The minimum atomic E-state index is 0.177. The molecular weight excluding hydrogens is 310 g/mol. The summed E-state index contributed by atoms with van der Waals surface area (Å²) in [6, 6.07) is 2.32. The highest BCUT2D eigenvalue weighted by molar-refractivity contribution is 9.10. The number of rotatable bonds is 4. The molecule has 0 saturated heterocycles. The molecule has 0 radical (unpaired) electrons. The Morgan fingerprint density at radius 2 is 2.22 bits per heavy atom. The van der Waals surface area contributed by atoms with E-state index in [0.717, 1.165) is 23.1 Å². The Labute approximate surface area is 120 Å². The summed E-state index contributed by atoms with van der Waals surface area (Å²) in [5.74, 6) is 0. The SMILES string of the molecule is Cc1nn(Cc2cc(Br)cs2)c(C)c1CC(C)N. The van der Waals surface area contributed by atoms with E-state index in [-0.39, 0.29) is 6.04 Å². The second-order valence-electron chi connectivity index (χ2n) is 4.72. The van der Waals surface area contributed by atoms with Crippen molar-refractivity contribution in [3.8, 4) is 0 Å².